The summed E-state index contributed by atoms with van der Waals surface area (Å²) < 4.78 is 10.7. The first-order chi connectivity index (χ1) is 13.4. The van der Waals surface area contributed by atoms with Crippen LogP contribution < -0.4 is 10.6 Å². The topological polar surface area (TPSA) is 109 Å². The molecule has 1 spiro atoms. The Bertz CT molecular complexity index is 726. The van der Waals surface area contributed by atoms with Gasteiger partial charge in [-0.3, -0.25) is 15.1 Å². The van der Waals surface area contributed by atoms with Crippen LogP contribution in [0.15, 0.2) is 24.3 Å². The number of ether oxygens (including phenoxy) is 2. The summed E-state index contributed by atoms with van der Waals surface area (Å²) in [7, 11) is 0. The van der Waals surface area contributed by atoms with Crippen LogP contribution in [0.25, 0.3) is 0 Å². The molecule has 2 aliphatic rings. The molecule has 0 bridgehead atoms. The highest BCUT2D eigenvalue weighted by molar-refractivity contribution is 5.96. The summed E-state index contributed by atoms with van der Waals surface area (Å²) in [4.78, 5) is 27.8. The van der Waals surface area contributed by atoms with Crippen LogP contribution in [0.4, 0.5) is 10.5 Å². The van der Waals surface area contributed by atoms with Gasteiger partial charge in [0.15, 0.2) is 0 Å². The lowest BCUT2D eigenvalue weighted by Gasteiger charge is -2.37. The molecule has 8 nitrogen and oxygen atoms in total. The summed E-state index contributed by atoms with van der Waals surface area (Å²) in [5, 5.41) is 7.46. The second kappa shape index (κ2) is 8.60. The monoisotopic (exact) mass is 388 g/mol. The number of carbonyl (C=O) groups excluding carboxylic acids is 2. The van der Waals surface area contributed by atoms with Gasteiger partial charge in [-0.05, 0) is 44.2 Å². The molecule has 2 heterocycles. The summed E-state index contributed by atoms with van der Waals surface area (Å²) in [6.07, 6.45) is 2.45. The quantitative estimate of drug-likeness (QED) is 0.421. The Kier molecular flexibility index (Phi) is 6.18. The van der Waals surface area contributed by atoms with E-state index in [-0.39, 0.29) is 17.9 Å². The Balaban J connectivity index is 1.51. The summed E-state index contributed by atoms with van der Waals surface area (Å²) in [5.74, 6) is -0.144. The molecule has 1 aromatic rings. The third-order valence-electron chi connectivity index (χ3n) is 5.39. The maximum Gasteiger partial charge on any atom is 0.415 e. The van der Waals surface area contributed by atoms with E-state index in [1.54, 1.807) is 29.2 Å². The van der Waals surface area contributed by atoms with Gasteiger partial charge in [0, 0.05) is 43.6 Å². The largest absolute Gasteiger partial charge is 0.466 e. The fraction of sp³-hybridized carbons (Fsp3) is 0.550. The molecule has 152 valence electrons. The molecule has 1 aromatic carbocycles. The van der Waals surface area contributed by atoms with E-state index in [4.69, 9.17) is 20.6 Å². The highest BCUT2D eigenvalue weighted by Gasteiger charge is 2.47. The number of esters is 1. The van der Waals surface area contributed by atoms with Gasteiger partial charge >= 0.3 is 12.1 Å². The fourth-order valence-electron chi connectivity index (χ4n) is 3.77. The molecule has 0 radical (unpaired) electrons. The van der Waals surface area contributed by atoms with Crippen LogP contribution in [0, 0.1) is 5.41 Å². The van der Waals surface area contributed by atoms with E-state index in [0.29, 0.717) is 25.1 Å². The molecule has 0 saturated carbocycles. The minimum absolute atomic E-state index is 0.00217. The molecule has 3 rings (SSSR count). The molecule has 2 fully saturated rings. The highest BCUT2D eigenvalue weighted by atomic mass is 16.6. The van der Waals surface area contributed by atoms with Crippen molar-refractivity contribution in [3.8, 4) is 0 Å². The number of hydrogen-bond acceptors (Lipinski definition) is 6. The maximum atomic E-state index is 12.4. The number of nitrogens with zero attached hydrogens (tertiary/aromatic N) is 2. The van der Waals surface area contributed by atoms with Crippen molar-refractivity contribution in [3.05, 3.63) is 29.8 Å². The van der Waals surface area contributed by atoms with Crippen molar-refractivity contribution >= 4 is 23.6 Å². The summed E-state index contributed by atoms with van der Waals surface area (Å²) in [6, 6.07) is 7.06. The van der Waals surface area contributed by atoms with Crippen molar-refractivity contribution in [1.82, 2.24) is 4.90 Å². The number of piperidine rings is 1. The number of amides is 1. The Morgan fingerprint density at radius 2 is 1.96 bits per heavy atom. The lowest BCUT2D eigenvalue weighted by molar-refractivity contribution is -0.143. The van der Waals surface area contributed by atoms with Gasteiger partial charge in [0.2, 0.25) is 0 Å². The number of nitrogens with two attached hydrogens (primary N) is 1. The first kappa shape index (κ1) is 20.1. The van der Waals surface area contributed by atoms with E-state index >= 15 is 0 Å². The van der Waals surface area contributed by atoms with Gasteiger partial charge in [-0.2, -0.15) is 0 Å². The van der Waals surface area contributed by atoms with Crippen LogP contribution in [0.3, 0.4) is 0 Å². The third-order valence-corrected chi connectivity index (χ3v) is 5.39. The number of nitrogen functional groups attached to an aromatic ring is 1. The van der Waals surface area contributed by atoms with Crippen LogP contribution in [-0.2, 0) is 14.3 Å². The van der Waals surface area contributed by atoms with E-state index in [1.807, 2.05) is 6.92 Å². The van der Waals surface area contributed by atoms with Gasteiger partial charge < -0.3 is 20.1 Å². The molecule has 0 aliphatic carbocycles. The first-order valence-corrected chi connectivity index (χ1v) is 9.75. The summed E-state index contributed by atoms with van der Waals surface area (Å²) in [5.41, 5.74) is 6.41. The van der Waals surface area contributed by atoms with Crippen molar-refractivity contribution in [2.45, 2.75) is 38.2 Å². The molecule has 1 amide bonds. The Hall–Kier alpha value is -2.61. The molecule has 0 atom stereocenters. The average Bonchev–Trinajstić information content (AvgIpc) is 3.00. The lowest BCUT2D eigenvalue weighted by atomic mass is 9.91. The van der Waals surface area contributed by atoms with E-state index < -0.39 is 5.60 Å². The number of benzene rings is 1. The smallest absolute Gasteiger partial charge is 0.415 e. The molecule has 8 heteroatoms. The zero-order chi connectivity index (χ0) is 20.1. The van der Waals surface area contributed by atoms with Crippen LogP contribution in [0.2, 0.25) is 0 Å². The Morgan fingerprint density at radius 3 is 2.57 bits per heavy atom. The van der Waals surface area contributed by atoms with Crippen molar-refractivity contribution < 1.29 is 19.1 Å². The molecular weight excluding hydrogens is 360 g/mol. The van der Waals surface area contributed by atoms with E-state index in [1.165, 1.54) is 0 Å². The number of anilines is 1. The molecule has 2 saturated heterocycles. The molecule has 0 unspecified atom stereocenters. The van der Waals surface area contributed by atoms with Crippen LogP contribution in [0.1, 0.15) is 38.2 Å². The molecule has 2 aliphatic heterocycles. The predicted octanol–water partition coefficient (Wildman–Crippen LogP) is 2.11. The lowest BCUT2D eigenvalue weighted by Crippen LogP contribution is -2.47. The predicted molar refractivity (Wildman–Crippen MR) is 106 cm³/mol. The van der Waals surface area contributed by atoms with Crippen LogP contribution in [-0.4, -0.2) is 61.2 Å². The number of amidine groups is 1. The van der Waals surface area contributed by atoms with Gasteiger partial charge in [-0.1, -0.05) is 0 Å². The number of carbonyl (C=O) groups is 2. The maximum absolute atomic E-state index is 12.4. The second-order valence-corrected chi connectivity index (χ2v) is 7.35. The third kappa shape index (κ3) is 4.62. The van der Waals surface area contributed by atoms with Gasteiger partial charge in [0.25, 0.3) is 0 Å². The van der Waals surface area contributed by atoms with Crippen molar-refractivity contribution in [3.63, 3.8) is 0 Å². The highest BCUT2D eigenvalue weighted by Crippen LogP contribution is 2.35. The minimum Gasteiger partial charge on any atom is -0.466 e. The number of likely N-dealkylation sites (tertiary alicyclic amines) is 1. The molecular formula is C20H28N4O4. The van der Waals surface area contributed by atoms with Gasteiger partial charge in [-0.25, -0.2) is 4.79 Å². The summed E-state index contributed by atoms with van der Waals surface area (Å²) in [6.45, 7) is 5.29. The first-order valence-electron chi connectivity index (χ1n) is 9.75. The second-order valence-electron chi connectivity index (χ2n) is 7.35. The standard InChI is InChI=1S/C20H28N4O4/c1-2-27-17(25)4-3-11-23-12-9-20(10-13-23)14-24(19(26)28-20)16-7-5-15(6-8-16)18(21)22/h5-8H,2-4,9-14H2,1H3,(H3,21,22). The molecule has 28 heavy (non-hydrogen) atoms. The normalized spacial score (nSPS) is 18.9. The minimum atomic E-state index is -0.450. The van der Waals surface area contributed by atoms with Crippen molar-refractivity contribution in [1.29, 1.82) is 5.41 Å². The Morgan fingerprint density at radius 1 is 1.29 bits per heavy atom. The van der Waals surface area contributed by atoms with Crippen molar-refractivity contribution in [2.24, 2.45) is 5.73 Å². The SMILES string of the molecule is CCOC(=O)CCCN1CCC2(CC1)CN(c1ccc(C(=N)N)cc1)C(=O)O2. The zero-order valence-electron chi connectivity index (χ0n) is 16.3. The van der Waals surface area contributed by atoms with Crippen LogP contribution in [0.5, 0.6) is 0 Å². The van der Waals surface area contributed by atoms with Crippen molar-refractivity contribution in [2.75, 3.05) is 37.7 Å². The zero-order valence-corrected chi connectivity index (χ0v) is 16.3. The average molecular weight is 388 g/mol. The van der Waals surface area contributed by atoms with E-state index in [2.05, 4.69) is 4.90 Å². The number of nitrogens with one attached hydrogen (secondary N) is 1. The van der Waals surface area contributed by atoms with E-state index in [9.17, 15) is 9.59 Å². The van der Waals surface area contributed by atoms with Gasteiger partial charge in [0.05, 0.1) is 13.2 Å². The summed E-state index contributed by atoms with van der Waals surface area (Å²) >= 11 is 0. The Labute approximate surface area is 165 Å². The van der Waals surface area contributed by atoms with Crippen LogP contribution >= 0.6 is 0 Å². The molecule has 0 aromatic heterocycles. The van der Waals surface area contributed by atoms with E-state index in [0.717, 1.165) is 44.6 Å². The van der Waals surface area contributed by atoms with Gasteiger partial charge in [-0.15, -0.1) is 0 Å². The number of rotatable bonds is 7. The fourth-order valence-corrected chi connectivity index (χ4v) is 3.77. The number of hydrogen-bond donors (Lipinski definition) is 2. The molecule has 3 N–H and O–H groups in total. The van der Waals surface area contributed by atoms with Gasteiger partial charge in [0.1, 0.15) is 11.4 Å².